The number of rotatable bonds is 5. The largest absolute Gasteiger partial charge is 0.353 e. The molecule has 0 unspecified atom stereocenters. The summed E-state index contributed by atoms with van der Waals surface area (Å²) in [5.74, 6) is 0.217. The third-order valence-electron chi connectivity index (χ3n) is 4.17. The minimum Gasteiger partial charge on any atom is -0.334 e. The first-order chi connectivity index (χ1) is 13.6. The van der Waals surface area contributed by atoms with E-state index in [1.165, 1.54) is 6.33 Å². The van der Waals surface area contributed by atoms with Gasteiger partial charge in [0.25, 0.3) is 0 Å². The summed E-state index contributed by atoms with van der Waals surface area (Å²) < 4.78 is 0. The number of nitrogens with one attached hydrogen (secondary N) is 2. The molecule has 0 saturated heterocycles. The second-order valence-electron chi connectivity index (χ2n) is 6.12. The smallest absolute Gasteiger partial charge is 0.334 e. The van der Waals surface area contributed by atoms with Crippen molar-refractivity contribution in [2.45, 2.75) is 6.92 Å². The third-order valence-corrected chi connectivity index (χ3v) is 4.17. The van der Waals surface area contributed by atoms with Crippen molar-refractivity contribution < 1.29 is 4.92 Å². The molecule has 0 bridgehead atoms. The van der Waals surface area contributed by atoms with Gasteiger partial charge in [0.15, 0.2) is 0 Å². The van der Waals surface area contributed by atoms with Crippen LogP contribution in [0.2, 0.25) is 0 Å². The highest BCUT2D eigenvalue weighted by Crippen LogP contribution is 2.34. The molecular formula is C20H16N6O2. The second kappa shape index (κ2) is 7.28. The Morgan fingerprint density at radius 2 is 1.64 bits per heavy atom. The lowest BCUT2D eigenvalue weighted by Crippen LogP contribution is -2.05. The number of nitrogens with zero attached hydrogens (tertiary/aromatic N) is 4. The number of pyridine rings is 1. The number of fused-ring (bicyclic) bond motifs is 1. The monoisotopic (exact) mass is 372 g/mol. The molecule has 0 radical (unpaired) electrons. The lowest BCUT2D eigenvalue weighted by Gasteiger charge is -2.11. The molecular weight excluding hydrogens is 356 g/mol. The summed E-state index contributed by atoms with van der Waals surface area (Å²) in [6.07, 6.45) is 1.29. The van der Waals surface area contributed by atoms with E-state index in [1.807, 2.05) is 55.5 Å². The number of benzene rings is 2. The van der Waals surface area contributed by atoms with E-state index in [0.29, 0.717) is 11.4 Å². The van der Waals surface area contributed by atoms with Gasteiger partial charge in [0.05, 0.1) is 10.4 Å². The molecule has 0 saturated carbocycles. The van der Waals surface area contributed by atoms with Crippen molar-refractivity contribution in [2.24, 2.45) is 0 Å². The van der Waals surface area contributed by atoms with Crippen molar-refractivity contribution in [1.82, 2.24) is 15.0 Å². The molecule has 0 aliphatic rings. The number of para-hydroxylation sites is 1. The average Bonchev–Trinajstić information content (AvgIpc) is 2.68. The van der Waals surface area contributed by atoms with Gasteiger partial charge in [-0.15, -0.1) is 0 Å². The first-order valence-electron chi connectivity index (χ1n) is 8.56. The van der Waals surface area contributed by atoms with E-state index in [9.17, 15) is 10.1 Å². The van der Waals surface area contributed by atoms with Crippen LogP contribution in [-0.2, 0) is 0 Å². The Bertz CT molecular complexity index is 1160. The summed E-state index contributed by atoms with van der Waals surface area (Å²) in [6.45, 7) is 1.91. The van der Waals surface area contributed by atoms with Crippen LogP contribution in [0.15, 0.2) is 67.0 Å². The van der Waals surface area contributed by atoms with Crippen LogP contribution in [0, 0.1) is 17.0 Å². The maximum atomic E-state index is 11.8. The lowest BCUT2D eigenvalue weighted by molar-refractivity contribution is -0.383. The Morgan fingerprint density at radius 1 is 0.893 bits per heavy atom. The van der Waals surface area contributed by atoms with Gasteiger partial charge in [0.2, 0.25) is 11.6 Å². The Balaban J connectivity index is 1.76. The van der Waals surface area contributed by atoms with Crippen LogP contribution in [-0.4, -0.2) is 19.9 Å². The van der Waals surface area contributed by atoms with Crippen molar-refractivity contribution in [3.8, 4) is 0 Å². The summed E-state index contributed by atoms with van der Waals surface area (Å²) in [7, 11) is 0. The topological polar surface area (TPSA) is 106 Å². The Kier molecular flexibility index (Phi) is 4.51. The van der Waals surface area contributed by atoms with Gasteiger partial charge < -0.3 is 10.6 Å². The molecule has 8 heteroatoms. The molecule has 4 aromatic rings. The first-order valence-corrected chi connectivity index (χ1v) is 8.56. The van der Waals surface area contributed by atoms with Gasteiger partial charge >= 0.3 is 5.69 Å². The summed E-state index contributed by atoms with van der Waals surface area (Å²) in [5.41, 5.74) is 2.83. The highest BCUT2D eigenvalue weighted by atomic mass is 16.6. The molecule has 138 valence electrons. The third kappa shape index (κ3) is 3.43. The molecule has 0 fully saturated rings. The average molecular weight is 372 g/mol. The van der Waals surface area contributed by atoms with Gasteiger partial charge in [-0.1, -0.05) is 24.3 Å². The van der Waals surface area contributed by atoms with Crippen LogP contribution >= 0.6 is 0 Å². The molecule has 2 aromatic heterocycles. The number of aryl methyl sites for hydroxylation is 1. The summed E-state index contributed by atoms with van der Waals surface area (Å²) in [4.78, 5) is 23.9. The minimum atomic E-state index is -0.499. The first kappa shape index (κ1) is 17.3. The quantitative estimate of drug-likeness (QED) is 0.385. The molecule has 0 spiro atoms. The highest BCUT2D eigenvalue weighted by Gasteiger charge is 2.23. The number of hydrogen-bond donors (Lipinski definition) is 2. The van der Waals surface area contributed by atoms with Crippen LogP contribution in [0.25, 0.3) is 10.9 Å². The highest BCUT2D eigenvalue weighted by molar-refractivity contribution is 5.94. The zero-order valence-corrected chi connectivity index (χ0v) is 15.0. The Hall–Kier alpha value is -4.07. The summed E-state index contributed by atoms with van der Waals surface area (Å²) in [5, 5.41) is 18.7. The zero-order valence-electron chi connectivity index (χ0n) is 15.0. The molecule has 0 atom stereocenters. The van der Waals surface area contributed by atoms with E-state index in [1.54, 1.807) is 12.1 Å². The molecule has 2 heterocycles. The number of hydrogen-bond acceptors (Lipinski definition) is 7. The van der Waals surface area contributed by atoms with Crippen LogP contribution in [0.1, 0.15) is 5.69 Å². The molecule has 2 N–H and O–H groups in total. The van der Waals surface area contributed by atoms with Crippen LogP contribution in [0.4, 0.5) is 28.7 Å². The maximum Gasteiger partial charge on any atom is 0.353 e. The summed E-state index contributed by atoms with van der Waals surface area (Å²) in [6, 6.07) is 18.5. The number of nitro groups is 1. The molecule has 0 aliphatic heterocycles. The predicted molar refractivity (Wildman–Crippen MR) is 108 cm³/mol. The standard InChI is InChI=1S/C20H16N6O2/c1-13-10-11-15-16(23-13)8-5-9-17(15)25-20-18(26(27)28)19(21-12-22-20)24-14-6-3-2-4-7-14/h2-12H,1H3,(H2,21,22,24,25). The number of aromatic nitrogens is 3. The second-order valence-corrected chi connectivity index (χ2v) is 6.12. The fourth-order valence-electron chi connectivity index (χ4n) is 2.89. The van der Waals surface area contributed by atoms with Gasteiger partial charge in [0, 0.05) is 22.5 Å². The van der Waals surface area contributed by atoms with Gasteiger partial charge in [0.1, 0.15) is 6.33 Å². The van der Waals surface area contributed by atoms with Gasteiger partial charge in [-0.2, -0.15) is 0 Å². The molecule has 4 rings (SSSR count). The molecule has 28 heavy (non-hydrogen) atoms. The fourth-order valence-corrected chi connectivity index (χ4v) is 2.89. The summed E-state index contributed by atoms with van der Waals surface area (Å²) >= 11 is 0. The van der Waals surface area contributed by atoms with Crippen LogP contribution in [0.5, 0.6) is 0 Å². The van der Waals surface area contributed by atoms with Gasteiger partial charge in [-0.05, 0) is 43.3 Å². The molecule has 0 amide bonds. The van der Waals surface area contributed by atoms with Gasteiger partial charge in [-0.25, -0.2) is 9.97 Å². The molecule has 0 aliphatic carbocycles. The SMILES string of the molecule is Cc1ccc2c(Nc3ncnc(Nc4ccccc4)c3[N+](=O)[O-])cccc2n1. The molecule has 2 aromatic carbocycles. The Labute approximate surface area is 160 Å². The van der Waals surface area contributed by atoms with Crippen LogP contribution in [0.3, 0.4) is 0 Å². The van der Waals surface area contributed by atoms with Crippen molar-refractivity contribution >= 4 is 39.6 Å². The van der Waals surface area contributed by atoms with Crippen molar-refractivity contribution in [1.29, 1.82) is 0 Å². The normalized spacial score (nSPS) is 10.6. The number of anilines is 4. The Morgan fingerprint density at radius 3 is 2.39 bits per heavy atom. The van der Waals surface area contributed by atoms with E-state index in [4.69, 9.17) is 0 Å². The van der Waals surface area contributed by atoms with E-state index in [-0.39, 0.29) is 17.3 Å². The van der Waals surface area contributed by atoms with E-state index in [2.05, 4.69) is 25.6 Å². The van der Waals surface area contributed by atoms with E-state index >= 15 is 0 Å². The maximum absolute atomic E-state index is 11.8. The van der Waals surface area contributed by atoms with Crippen molar-refractivity contribution in [2.75, 3.05) is 10.6 Å². The van der Waals surface area contributed by atoms with Crippen molar-refractivity contribution in [3.05, 3.63) is 82.8 Å². The van der Waals surface area contributed by atoms with E-state index < -0.39 is 4.92 Å². The minimum absolute atomic E-state index is 0.103. The zero-order chi connectivity index (χ0) is 19.5. The molecule has 8 nitrogen and oxygen atoms in total. The van der Waals surface area contributed by atoms with Crippen LogP contribution < -0.4 is 10.6 Å². The predicted octanol–water partition coefficient (Wildman–Crippen LogP) is 4.73. The van der Waals surface area contributed by atoms with Gasteiger partial charge in [-0.3, -0.25) is 15.1 Å². The van der Waals surface area contributed by atoms with E-state index in [0.717, 1.165) is 16.6 Å². The fraction of sp³-hybridized carbons (Fsp3) is 0.0500. The van der Waals surface area contributed by atoms with Crippen molar-refractivity contribution in [3.63, 3.8) is 0 Å². The lowest BCUT2D eigenvalue weighted by atomic mass is 10.1.